The number of aromatic nitrogens is 3. The molecule has 0 fully saturated rings. The second kappa shape index (κ2) is 7.18. The van der Waals surface area contributed by atoms with E-state index in [1.807, 2.05) is 36.7 Å². The smallest absolute Gasteiger partial charge is 0.276 e. The Balaban J connectivity index is 1.61. The average Bonchev–Trinajstić information content (AvgIpc) is 3.04. The van der Waals surface area contributed by atoms with Crippen molar-refractivity contribution in [3.8, 4) is 11.5 Å². The maximum absolute atomic E-state index is 5.76. The van der Waals surface area contributed by atoms with Crippen molar-refractivity contribution < 1.29 is 4.42 Å². The van der Waals surface area contributed by atoms with E-state index in [0.717, 1.165) is 17.7 Å². The molecule has 0 unspecified atom stereocenters. The minimum Gasteiger partial charge on any atom is -0.411 e. The number of benzene rings is 1. The molecule has 0 amide bonds. The molecule has 4 nitrogen and oxygen atoms in total. The lowest BCUT2D eigenvalue weighted by molar-refractivity contribution is 0.466. The molecule has 2 heterocycles. The molecule has 0 spiro atoms. The van der Waals surface area contributed by atoms with Crippen molar-refractivity contribution in [2.45, 2.75) is 37.8 Å². The van der Waals surface area contributed by atoms with E-state index in [0.29, 0.717) is 11.1 Å². The third-order valence-corrected chi connectivity index (χ3v) is 4.59. The van der Waals surface area contributed by atoms with E-state index in [1.54, 1.807) is 11.8 Å². The van der Waals surface area contributed by atoms with Gasteiger partial charge in [0.25, 0.3) is 5.22 Å². The molecule has 2 aromatic heterocycles. The van der Waals surface area contributed by atoms with Gasteiger partial charge in [-0.05, 0) is 47.2 Å². The first-order valence-electron chi connectivity index (χ1n) is 7.98. The highest BCUT2D eigenvalue weighted by Gasteiger charge is 2.14. The Morgan fingerprint density at radius 3 is 2.33 bits per heavy atom. The lowest BCUT2D eigenvalue weighted by atomic mass is 9.87. The Kier molecular flexibility index (Phi) is 5.00. The fourth-order valence-electron chi connectivity index (χ4n) is 2.30. The topological polar surface area (TPSA) is 51.8 Å². The lowest BCUT2D eigenvalue weighted by Crippen LogP contribution is -2.10. The van der Waals surface area contributed by atoms with Crippen LogP contribution in [0.5, 0.6) is 0 Å². The van der Waals surface area contributed by atoms with Crippen LogP contribution in [-0.2, 0) is 11.8 Å². The Bertz CT molecular complexity index is 776. The number of hydrogen-bond donors (Lipinski definition) is 0. The molecule has 0 aliphatic carbocycles. The molecule has 0 saturated heterocycles. The zero-order valence-electron chi connectivity index (χ0n) is 14.2. The van der Waals surface area contributed by atoms with Crippen LogP contribution in [0.4, 0.5) is 0 Å². The van der Waals surface area contributed by atoms with Gasteiger partial charge >= 0.3 is 0 Å². The number of hydrogen-bond acceptors (Lipinski definition) is 5. The Morgan fingerprint density at radius 1 is 0.958 bits per heavy atom. The zero-order valence-corrected chi connectivity index (χ0v) is 15.0. The highest BCUT2D eigenvalue weighted by Crippen LogP contribution is 2.27. The lowest BCUT2D eigenvalue weighted by Gasteiger charge is -2.18. The quantitative estimate of drug-likeness (QED) is 0.627. The molecule has 5 heteroatoms. The molecule has 0 N–H and O–H groups in total. The van der Waals surface area contributed by atoms with Gasteiger partial charge < -0.3 is 4.42 Å². The summed E-state index contributed by atoms with van der Waals surface area (Å²) in [6, 6.07) is 12.4. The van der Waals surface area contributed by atoms with Crippen LogP contribution in [0.25, 0.3) is 11.5 Å². The SMILES string of the molecule is CC(C)(C)c1ccc(-c2nnc(SCCc3ccncc3)o2)cc1. The predicted molar refractivity (Wildman–Crippen MR) is 97.1 cm³/mol. The summed E-state index contributed by atoms with van der Waals surface area (Å²) in [4.78, 5) is 4.02. The van der Waals surface area contributed by atoms with Crippen LogP contribution in [0.15, 0.2) is 58.4 Å². The maximum Gasteiger partial charge on any atom is 0.276 e. The van der Waals surface area contributed by atoms with Crippen LogP contribution < -0.4 is 0 Å². The van der Waals surface area contributed by atoms with E-state index in [9.17, 15) is 0 Å². The summed E-state index contributed by atoms with van der Waals surface area (Å²) in [5.74, 6) is 1.47. The second-order valence-electron chi connectivity index (χ2n) is 6.65. The maximum atomic E-state index is 5.76. The summed E-state index contributed by atoms with van der Waals surface area (Å²) < 4.78 is 5.76. The van der Waals surface area contributed by atoms with Crippen LogP contribution in [-0.4, -0.2) is 20.9 Å². The highest BCUT2D eigenvalue weighted by molar-refractivity contribution is 7.99. The van der Waals surface area contributed by atoms with Gasteiger partial charge in [0.05, 0.1) is 0 Å². The van der Waals surface area contributed by atoms with Crippen molar-refractivity contribution in [3.63, 3.8) is 0 Å². The van der Waals surface area contributed by atoms with Gasteiger partial charge in [-0.25, -0.2) is 0 Å². The normalized spacial score (nSPS) is 11.6. The van der Waals surface area contributed by atoms with Gasteiger partial charge in [0.1, 0.15) is 0 Å². The molecule has 0 aliphatic heterocycles. The van der Waals surface area contributed by atoms with Crippen LogP contribution in [0, 0.1) is 0 Å². The Labute approximate surface area is 146 Å². The van der Waals surface area contributed by atoms with Crippen LogP contribution >= 0.6 is 11.8 Å². The second-order valence-corrected chi connectivity index (χ2v) is 7.70. The average molecular weight is 339 g/mol. The van der Waals surface area contributed by atoms with Gasteiger partial charge in [0, 0.05) is 23.7 Å². The van der Waals surface area contributed by atoms with Gasteiger partial charge in [0.2, 0.25) is 5.89 Å². The predicted octanol–water partition coefficient (Wildman–Crippen LogP) is 4.76. The molecule has 3 rings (SSSR count). The van der Waals surface area contributed by atoms with E-state index < -0.39 is 0 Å². The monoisotopic (exact) mass is 339 g/mol. The molecule has 1 aromatic carbocycles. The van der Waals surface area contributed by atoms with Gasteiger partial charge in [0.15, 0.2) is 0 Å². The summed E-state index contributed by atoms with van der Waals surface area (Å²) in [6.07, 6.45) is 4.57. The molecule has 3 aromatic rings. The number of pyridine rings is 1. The zero-order chi connectivity index (χ0) is 17.0. The van der Waals surface area contributed by atoms with Crippen LogP contribution in [0.1, 0.15) is 31.9 Å². The van der Waals surface area contributed by atoms with Crippen LogP contribution in [0.3, 0.4) is 0 Å². The molecule has 0 atom stereocenters. The van der Waals surface area contributed by atoms with E-state index in [2.05, 4.69) is 48.1 Å². The van der Waals surface area contributed by atoms with E-state index in [1.165, 1.54) is 11.1 Å². The Hall–Kier alpha value is -2.14. The van der Waals surface area contributed by atoms with Crippen LogP contribution in [0.2, 0.25) is 0 Å². The van der Waals surface area contributed by atoms with E-state index in [-0.39, 0.29) is 5.41 Å². The standard InChI is InChI=1S/C19H21N3OS/c1-19(2,3)16-6-4-15(5-7-16)17-21-22-18(23-17)24-13-10-14-8-11-20-12-9-14/h4-9,11-12H,10,13H2,1-3H3. The largest absolute Gasteiger partial charge is 0.411 e. The number of nitrogens with zero attached hydrogens (tertiary/aromatic N) is 3. The van der Waals surface area contributed by atoms with Crippen molar-refractivity contribution in [2.24, 2.45) is 0 Å². The molecule has 0 aliphatic rings. The molecule has 124 valence electrons. The first-order valence-corrected chi connectivity index (χ1v) is 8.97. The number of rotatable bonds is 5. The molecule has 0 radical (unpaired) electrons. The summed E-state index contributed by atoms with van der Waals surface area (Å²) in [7, 11) is 0. The first kappa shape index (κ1) is 16.7. The summed E-state index contributed by atoms with van der Waals surface area (Å²) >= 11 is 1.58. The molecule has 0 saturated carbocycles. The van der Waals surface area contributed by atoms with E-state index in [4.69, 9.17) is 4.42 Å². The molecular weight excluding hydrogens is 318 g/mol. The van der Waals surface area contributed by atoms with Crippen molar-refractivity contribution in [1.29, 1.82) is 0 Å². The number of thioether (sulfide) groups is 1. The molecule has 24 heavy (non-hydrogen) atoms. The van der Waals surface area contributed by atoms with Gasteiger partial charge in [-0.2, -0.15) is 0 Å². The van der Waals surface area contributed by atoms with Crippen molar-refractivity contribution in [1.82, 2.24) is 15.2 Å². The summed E-state index contributed by atoms with van der Waals surface area (Å²) in [5.41, 5.74) is 3.64. The summed E-state index contributed by atoms with van der Waals surface area (Å²) in [6.45, 7) is 6.60. The number of aryl methyl sites for hydroxylation is 1. The molecule has 0 bridgehead atoms. The van der Waals surface area contributed by atoms with Gasteiger partial charge in [-0.1, -0.05) is 44.7 Å². The fourth-order valence-corrected chi connectivity index (χ4v) is 3.05. The third-order valence-electron chi connectivity index (χ3n) is 3.77. The van der Waals surface area contributed by atoms with Gasteiger partial charge in [-0.15, -0.1) is 10.2 Å². The van der Waals surface area contributed by atoms with Crippen molar-refractivity contribution in [3.05, 3.63) is 59.9 Å². The third kappa shape index (κ3) is 4.23. The Morgan fingerprint density at radius 2 is 1.67 bits per heavy atom. The summed E-state index contributed by atoms with van der Waals surface area (Å²) in [5, 5.41) is 8.90. The van der Waals surface area contributed by atoms with E-state index >= 15 is 0 Å². The molecular formula is C19H21N3OS. The van der Waals surface area contributed by atoms with Gasteiger partial charge in [-0.3, -0.25) is 4.98 Å². The fraction of sp³-hybridized carbons (Fsp3) is 0.316. The minimum absolute atomic E-state index is 0.140. The first-order chi connectivity index (χ1) is 11.5. The van der Waals surface area contributed by atoms with Crippen molar-refractivity contribution in [2.75, 3.05) is 5.75 Å². The van der Waals surface area contributed by atoms with Crippen molar-refractivity contribution >= 4 is 11.8 Å². The minimum atomic E-state index is 0.140. The highest BCUT2D eigenvalue weighted by atomic mass is 32.2.